The van der Waals surface area contributed by atoms with E-state index in [9.17, 15) is 0 Å². The van der Waals surface area contributed by atoms with Crippen LogP contribution >= 0.6 is 0 Å². The third-order valence-corrected chi connectivity index (χ3v) is 55.3. The van der Waals surface area contributed by atoms with Crippen molar-refractivity contribution in [1.82, 2.24) is 0 Å². The predicted octanol–water partition coefficient (Wildman–Crippen LogP) is 13.6. The van der Waals surface area contributed by atoms with Crippen LogP contribution in [0.4, 0.5) is 0 Å². The molecule has 1 heterocycles. The molecule has 0 bridgehead atoms. The molecule has 6 heteroatoms. The van der Waals surface area contributed by atoms with Gasteiger partial charge in [0.05, 0.1) is 0 Å². The molecule has 0 aliphatic carbocycles. The van der Waals surface area contributed by atoms with Gasteiger partial charge < -0.3 is 0 Å². The van der Waals surface area contributed by atoms with Gasteiger partial charge in [0.1, 0.15) is 48.4 Å². The van der Waals surface area contributed by atoms with Gasteiger partial charge >= 0.3 is 0 Å². The van der Waals surface area contributed by atoms with Gasteiger partial charge in [-0.05, 0) is 0 Å². The molecule has 444 valence electrons. The highest BCUT2D eigenvalue weighted by atomic mass is 28.3. The second kappa shape index (κ2) is 28.0. The lowest BCUT2D eigenvalue weighted by molar-refractivity contribution is 1.15. The van der Waals surface area contributed by atoms with Crippen molar-refractivity contribution in [3.05, 3.63) is 364 Å². The van der Waals surface area contributed by atoms with E-state index < -0.39 is 48.4 Å². The summed E-state index contributed by atoms with van der Waals surface area (Å²) < 4.78 is 0. The summed E-state index contributed by atoms with van der Waals surface area (Å²) in [7, 11) is -16.3. The first-order chi connectivity index (χ1) is 44.5. The maximum absolute atomic E-state index is 2.71. The van der Waals surface area contributed by atoms with Gasteiger partial charge in [-0.15, -0.1) is 0 Å². The van der Waals surface area contributed by atoms with Crippen molar-refractivity contribution in [2.75, 3.05) is 0 Å². The average molecular weight is 1260 g/mol. The van der Waals surface area contributed by atoms with E-state index in [1.807, 2.05) is 0 Å². The summed E-state index contributed by atoms with van der Waals surface area (Å²) >= 11 is 0. The molecule has 0 spiro atoms. The van der Waals surface area contributed by atoms with Crippen LogP contribution in [0.2, 0.25) is 72.5 Å². The number of rotatable bonds is 12. The fourth-order valence-corrected chi connectivity index (χ4v) is 57.7. The average Bonchev–Trinajstić information content (AvgIpc) is 0.842. The second-order valence-electron chi connectivity index (χ2n) is 25.9. The molecule has 1 saturated heterocycles. The van der Waals surface area contributed by atoms with Crippen molar-refractivity contribution in [2.45, 2.75) is 72.5 Å². The quantitative estimate of drug-likeness (QED) is 0.107. The van der Waals surface area contributed by atoms with Crippen LogP contribution in [0.5, 0.6) is 0 Å². The molecule has 12 aromatic rings. The minimum absolute atomic E-state index is 1.17. The van der Waals surface area contributed by atoms with Crippen molar-refractivity contribution in [3.63, 3.8) is 0 Å². The molecular weight excluding hydrogens is 1180 g/mol. The van der Waals surface area contributed by atoms with Crippen molar-refractivity contribution in [1.29, 1.82) is 0 Å². The van der Waals surface area contributed by atoms with Gasteiger partial charge in [0.25, 0.3) is 0 Å². The van der Waals surface area contributed by atoms with Crippen LogP contribution in [-0.2, 0) is 0 Å². The van der Waals surface area contributed by atoms with E-state index in [0.717, 1.165) is 0 Å². The Bertz CT molecular complexity index is 3120. The maximum Gasteiger partial charge on any atom is 0.117 e. The number of benzene rings is 12. The fourth-order valence-electron chi connectivity index (χ4n) is 16.9. The highest BCUT2D eigenvalue weighted by Gasteiger charge is 2.52. The van der Waals surface area contributed by atoms with Crippen LogP contribution in [0.1, 0.15) is 0 Å². The lowest BCUT2D eigenvalue weighted by atomic mass is 10.4. The minimum Gasteiger partial charge on any atom is -0.0626 e. The van der Waals surface area contributed by atoms with Crippen LogP contribution < -0.4 is 62.2 Å². The Morgan fingerprint density at radius 3 is 0.233 bits per heavy atom. The zero-order valence-electron chi connectivity index (χ0n) is 52.1. The van der Waals surface area contributed by atoms with Crippen molar-refractivity contribution >= 4 is 111 Å². The maximum atomic E-state index is 2.56. The topological polar surface area (TPSA) is 0 Å². The van der Waals surface area contributed by atoms with E-state index >= 15 is 0 Å². The number of hydrogen-bond donors (Lipinski definition) is 0. The van der Waals surface area contributed by atoms with Crippen molar-refractivity contribution in [3.8, 4) is 0 Å². The van der Waals surface area contributed by atoms with Gasteiger partial charge in [0.2, 0.25) is 0 Å². The molecule has 0 atom stereocenters. The van der Waals surface area contributed by atoms with Gasteiger partial charge in [-0.3, -0.25) is 0 Å². The molecule has 1 aliphatic rings. The molecule has 1 fully saturated rings. The standard InChI is InChI=1S/C84H84Si6/c1-13-37-73(38-14-1)85(74-39-15-2-16-40-74)61-63-86(75-41-17-3-18-42-75,76-43-19-4-20-44-76)65-67-88(79-49-25-7-26-50-79,80-51-27-8-28-52-80)69-71-90(83-57-33-11-34-58-83,84-59-35-12-36-60-84)72-70-89(81-53-29-9-30-54-81,82-55-31-10-32-56-82)68-66-87(64-62-85,77-45-21-5-22-46-77)78-47-23-6-24-48-78/h1-60H,61-72H2. The van der Waals surface area contributed by atoms with Gasteiger partial charge in [0.15, 0.2) is 0 Å². The van der Waals surface area contributed by atoms with Crippen LogP contribution in [-0.4, -0.2) is 48.4 Å². The predicted molar refractivity (Wildman–Crippen MR) is 405 cm³/mol. The summed E-state index contributed by atoms with van der Waals surface area (Å²) in [6.45, 7) is 0. The molecule has 0 amide bonds. The molecule has 0 radical (unpaired) electrons. The largest absolute Gasteiger partial charge is 0.117 e. The van der Waals surface area contributed by atoms with E-state index in [1.165, 1.54) is 72.5 Å². The molecule has 0 unspecified atom stereocenters. The molecule has 12 aromatic carbocycles. The summed E-state index contributed by atoms with van der Waals surface area (Å²) in [4.78, 5) is 0. The molecule has 0 aromatic heterocycles. The van der Waals surface area contributed by atoms with E-state index in [0.29, 0.717) is 0 Å². The first-order valence-corrected chi connectivity index (χ1v) is 47.7. The normalized spacial score (nSPS) is 17.3. The number of hydrogen-bond acceptors (Lipinski definition) is 0. The van der Waals surface area contributed by atoms with Crippen molar-refractivity contribution < 1.29 is 0 Å². The third-order valence-electron chi connectivity index (χ3n) is 21.8. The Labute approximate surface area is 543 Å². The summed E-state index contributed by atoms with van der Waals surface area (Å²) in [6.07, 6.45) is 0. The fraction of sp³-hybridized carbons (Fsp3) is 0.143. The minimum atomic E-state index is -2.71. The van der Waals surface area contributed by atoms with E-state index in [1.54, 1.807) is 62.2 Å². The lowest BCUT2D eigenvalue weighted by Gasteiger charge is -2.45. The summed E-state index contributed by atoms with van der Waals surface area (Å²) in [5, 5.41) is 19.0. The molecule has 13 rings (SSSR count). The summed E-state index contributed by atoms with van der Waals surface area (Å²) in [6, 6.07) is 159. The van der Waals surface area contributed by atoms with Gasteiger partial charge in [0, 0.05) is 0 Å². The van der Waals surface area contributed by atoms with E-state index in [4.69, 9.17) is 0 Å². The van der Waals surface area contributed by atoms with Crippen LogP contribution in [0.25, 0.3) is 0 Å². The van der Waals surface area contributed by atoms with Crippen LogP contribution in [0, 0.1) is 0 Å². The van der Waals surface area contributed by atoms with Gasteiger partial charge in [-0.1, -0.05) is 499 Å². The zero-order valence-corrected chi connectivity index (χ0v) is 58.1. The van der Waals surface area contributed by atoms with Crippen LogP contribution in [0.3, 0.4) is 0 Å². The molecular formula is C84H84Si6. The second-order valence-corrected chi connectivity index (χ2v) is 51.8. The SMILES string of the molecule is c1ccc([Si]2(c3ccccc3)CC[Si](c3ccccc3)(c3ccccc3)CC[Si](c3ccccc3)(c3ccccc3)CC[Si](c3ccccc3)(c3ccccc3)CC[Si](c3ccccc3)(c3ccccc3)CC[Si](c3ccccc3)(c3ccccc3)CC2)cc1. The Morgan fingerprint density at radius 2 is 0.167 bits per heavy atom. The highest BCUT2D eigenvalue weighted by Crippen LogP contribution is 2.39. The molecule has 0 saturated carbocycles. The van der Waals surface area contributed by atoms with E-state index in [-0.39, 0.29) is 0 Å². The highest BCUT2D eigenvalue weighted by molar-refractivity contribution is 7.12. The Balaban J connectivity index is 1.13. The molecule has 90 heavy (non-hydrogen) atoms. The van der Waals surface area contributed by atoms with Gasteiger partial charge in [-0.2, -0.15) is 0 Å². The summed E-state index contributed by atoms with van der Waals surface area (Å²) in [5.41, 5.74) is 0. The van der Waals surface area contributed by atoms with E-state index in [2.05, 4.69) is 364 Å². The first kappa shape index (κ1) is 60.8. The van der Waals surface area contributed by atoms with Crippen molar-refractivity contribution in [2.24, 2.45) is 0 Å². The zero-order chi connectivity index (χ0) is 60.8. The lowest BCUT2D eigenvalue weighted by Crippen LogP contribution is -2.68. The molecule has 1 aliphatic heterocycles. The Kier molecular flexibility index (Phi) is 18.9. The van der Waals surface area contributed by atoms with Gasteiger partial charge in [-0.25, -0.2) is 0 Å². The monoisotopic (exact) mass is 1260 g/mol. The Morgan fingerprint density at radius 1 is 0.100 bits per heavy atom. The Hall–Kier alpha value is -8.06. The smallest absolute Gasteiger partial charge is 0.0626 e. The molecule has 0 N–H and O–H groups in total. The third kappa shape index (κ3) is 12.2. The molecule has 0 nitrogen and oxygen atoms in total. The summed E-state index contributed by atoms with van der Waals surface area (Å²) in [5.74, 6) is 0. The first-order valence-electron chi connectivity index (χ1n) is 33.2. The van der Waals surface area contributed by atoms with Crippen LogP contribution in [0.15, 0.2) is 364 Å².